The van der Waals surface area contributed by atoms with Crippen molar-refractivity contribution < 1.29 is 19.4 Å². The summed E-state index contributed by atoms with van der Waals surface area (Å²) in [5.74, 6) is -0.480. The summed E-state index contributed by atoms with van der Waals surface area (Å²) in [4.78, 5) is 22.9. The number of hydrogen-bond acceptors (Lipinski definition) is 4. The Labute approximate surface area is 104 Å². The predicted octanol–water partition coefficient (Wildman–Crippen LogP) is 2.21. The van der Waals surface area contributed by atoms with Gasteiger partial charge in [0.25, 0.3) is 0 Å². The fraction of sp³-hybridized carbons (Fsp3) is 0.333. The third-order valence-corrected chi connectivity index (χ3v) is 3.04. The molecule has 1 rings (SSSR count). The van der Waals surface area contributed by atoms with Crippen LogP contribution in [0.2, 0.25) is 0 Å². The molecule has 0 aromatic heterocycles. The lowest BCUT2D eigenvalue weighted by molar-refractivity contribution is -0.136. The molecule has 1 N–H and O–H groups in total. The van der Waals surface area contributed by atoms with Crippen LogP contribution in [0.1, 0.15) is 22.8 Å². The number of rotatable bonds is 5. The number of esters is 1. The van der Waals surface area contributed by atoms with E-state index in [1.54, 1.807) is 18.2 Å². The van der Waals surface area contributed by atoms with Gasteiger partial charge in [-0.3, -0.25) is 4.79 Å². The van der Waals surface area contributed by atoms with Crippen molar-refractivity contribution in [3.63, 3.8) is 0 Å². The van der Waals surface area contributed by atoms with Crippen molar-refractivity contribution in [2.45, 2.75) is 18.2 Å². The van der Waals surface area contributed by atoms with E-state index in [9.17, 15) is 9.59 Å². The summed E-state index contributed by atoms with van der Waals surface area (Å²) < 4.78 is 4.68. The van der Waals surface area contributed by atoms with Crippen molar-refractivity contribution in [2.75, 3.05) is 12.9 Å². The number of carboxylic acid groups (broad SMARTS) is 1. The average molecular weight is 254 g/mol. The van der Waals surface area contributed by atoms with Crippen molar-refractivity contribution in [3.8, 4) is 0 Å². The van der Waals surface area contributed by atoms with Crippen molar-refractivity contribution in [3.05, 3.63) is 29.3 Å². The standard InChI is InChI=1S/C12H14O4S/c1-3-17-10-6-8(7-11(13)14)4-5-9(10)12(15)16-2/h4-6H,3,7H2,1-2H3,(H,13,14). The van der Waals surface area contributed by atoms with E-state index < -0.39 is 11.9 Å². The Morgan fingerprint density at radius 1 is 1.41 bits per heavy atom. The van der Waals surface area contributed by atoms with Crippen molar-refractivity contribution in [1.82, 2.24) is 0 Å². The Morgan fingerprint density at radius 3 is 2.65 bits per heavy atom. The van der Waals surface area contributed by atoms with Crippen LogP contribution in [0.5, 0.6) is 0 Å². The number of aliphatic carboxylic acids is 1. The van der Waals surface area contributed by atoms with Gasteiger partial charge in [-0.15, -0.1) is 11.8 Å². The molecule has 0 fully saturated rings. The summed E-state index contributed by atoms with van der Waals surface area (Å²) in [6.07, 6.45) is -0.0429. The Hall–Kier alpha value is -1.49. The molecule has 0 aliphatic heterocycles. The second-order valence-corrected chi connectivity index (χ2v) is 4.63. The fourth-order valence-corrected chi connectivity index (χ4v) is 2.26. The molecular formula is C12H14O4S. The number of carbonyl (C=O) groups excluding carboxylic acids is 1. The lowest BCUT2D eigenvalue weighted by atomic mass is 10.1. The number of hydrogen-bond donors (Lipinski definition) is 1. The molecule has 0 radical (unpaired) electrons. The van der Waals surface area contributed by atoms with E-state index in [-0.39, 0.29) is 6.42 Å². The number of carbonyl (C=O) groups is 2. The summed E-state index contributed by atoms with van der Waals surface area (Å²) in [6.45, 7) is 1.97. The van der Waals surface area contributed by atoms with Crippen LogP contribution in [0.4, 0.5) is 0 Å². The zero-order valence-corrected chi connectivity index (χ0v) is 10.5. The van der Waals surface area contributed by atoms with Gasteiger partial charge in [0.05, 0.1) is 19.1 Å². The molecule has 1 aromatic rings. The lowest BCUT2D eigenvalue weighted by Crippen LogP contribution is -2.05. The van der Waals surface area contributed by atoms with Crippen LogP contribution >= 0.6 is 11.8 Å². The number of benzene rings is 1. The van der Waals surface area contributed by atoms with Crippen LogP contribution in [0, 0.1) is 0 Å². The molecule has 0 aliphatic rings. The molecule has 4 nitrogen and oxygen atoms in total. The third-order valence-electron chi connectivity index (χ3n) is 2.11. The minimum absolute atomic E-state index is 0.0429. The number of ether oxygens (including phenoxy) is 1. The number of thioether (sulfide) groups is 1. The molecule has 0 heterocycles. The smallest absolute Gasteiger partial charge is 0.338 e. The van der Waals surface area contributed by atoms with E-state index in [1.165, 1.54) is 18.9 Å². The minimum atomic E-state index is -0.886. The van der Waals surface area contributed by atoms with Crippen LogP contribution in [0.15, 0.2) is 23.1 Å². The van der Waals surface area contributed by atoms with Gasteiger partial charge < -0.3 is 9.84 Å². The normalized spacial score (nSPS) is 10.0. The summed E-state index contributed by atoms with van der Waals surface area (Å²) in [5.41, 5.74) is 1.16. The van der Waals surface area contributed by atoms with Gasteiger partial charge in [-0.05, 0) is 23.4 Å². The van der Waals surface area contributed by atoms with Crippen molar-refractivity contribution >= 4 is 23.7 Å². The first-order chi connectivity index (χ1) is 8.08. The van der Waals surface area contributed by atoms with Crippen LogP contribution in [-0.2, 0) is 16.0 Å². The average Bonchev–Trinajstić information content (AvgIpc) is 2.28. The highest BCUT2D eigenvalue weighted by Gasteiger charge is 2.13. The highest BCUT2D eigenvalue weighted by Crippen LogP contribution is 2.25. The maximum absolute atomic E-state index is 11.5. The molecule has 0 bridgehead atoms. The highest BCUT2D eigenvalue weighted by atomic mass is 32.2. The Bertz CT molecular complexity index is 429. The lowest BCUT2D eigenvalue weighted by Gasteiger charge is -2.08. The Kier molecular flexibility index (Phi) is 5.03. The van der Waals surface area contributed by atoms with Gasteiger partial charge in [0, 0.05) is 4.90 Å². The van der Waals surface area contributed by atoms with E-state index in [0.29, 0.717) is 11.1 Å². The third kappa shape index (κ3) is 3.78. The van der Waals surface area contributed by atoms with E-state index in [2.05, 4.69) is 4.74 Å². The monoisotopic (exact) mass is 254 g/mol. The summed E-state index contributed by atoms with van der Waals surface area (Å²) in [5, 5.41) is 8.71. The number of carboxylic acids is 1. The first kappa shape index (κ1) is 13.6. The maximum Gasteiger partial charge on any atom is 0.338 e. The molecule has 0 saturated carbocycles. The molecule has 5 heteroatoms. The summed E-state index contributed by atoms with van der Waals surface area (Å²) in [6, 6.07) is 4.98. The van der Waals surface area contributed by atoms with Crippen molar-refractivity contribution in [2.24, 2.45) is 0 Å². The summed E-state index contributed by atoms with van der Waals surface area (Å²) in [7, 11) is 1.33. The number of methoxy groups -OCH3 is 1. The van der Waals surface area contributed by atoms with E-state index >= 15 is 0 Å². The molecule has 0 saturated heterocycles. The second-order valence-electron chi connectivity index (χ2n) is 3.33. The maximum atomic E-state index is 11.5. The Morgan fingerprint density at radius 2 is 2.12 bits per heavy atom. The molecule has 92 valence electrons. The van der Waals surface area contributed by atoms with Gasteiger partial charge in [0.15, 0.2) is 0 Å². The quantitative estimate of drug-likeness (QED) is 0.644. The highest BCUT2D eigenvalue weighted by molar-refractivity contribution is 7.99. The second kappa shape index (κ2) is 6.30. The van der Waals surface area contributed by atoms with E-state index in [1.807, 2.05) is 6.92 Å². The SMILES string of the molecule is CCSc1cc(CC(=O)O)ccc1C(=O)OC. The van der Waals surface area contributed by atoms with Gasteiger partial charge >= 0.3 is 11.9 Å². The Balaban J connectivity index is 3.07. The molecule has 0 unspecified atom stereocenters. The van der Waals surface area contributed by atoms with Gasteiger partial charge in [-0.25, -0.2) is 4.79 Å². The zero-order chi connectivity index (χ0) is 12.8. The molecular weight excluding hydrogens is 240 g/mol. The van der Waals surface area contributed by atoms with Gasteiger partial charge in [0.1, 0.15) is 0 Å². The molecule has 0 aliphatic carbocycles. The van der Waals surface area contributed by atoms with Crippen molar-refractivity contribution in [1.29, 1.82) is 0 Å². The molecule has 17 heavy (non-hydrogen) atoms. The molecule has 0 spiro atoms. The molecule has 0 atom stereocenters. The summed E-state index contributed by atoms with van der Waals surface area (Å²) >= 11 is 1.49. The van der Waals surface area contributed by atoms with Crippen LogP contribution < -0.4 is 0 Å². The predicted molar refractivity (Wildman–Crippen MR) is 65.5 cm³/mol. The van der Waals surface area contributed by atoms with Crippen LogP contribution in [0.3, 0.4) is 0 Å². The molecule has 0 amide bonds. The van der Waals surface area contributed by atoms with Crippen LogP contribution in [-0.4, -0.2) is 29.9 Å². The fourth-order valence-electron chi connectivity index (χ4n) is 1.40. The van der Waals surface area contributed by atoms with Crippen LogP contribution in [0.25, 0.3) is 0 Å². The topological polar surface area (TPSA) is 63.6 Å². The van der Waals surface area contributed by atoms with Gasteiger partial charge in [-0.1, -0.05) is 13.0 Å². The minimum Gasteiger partial charge on any atom is -0.481 e. The van der Waals surface area contributed by atoms with Gasteiger partial charge in [0.2, 0.25) is 0 Å². The van der Waals surface area contributed by atoms with Gasteiger partial charge in [-0.2, -0.15) is 0 Å². The van der Waals surface area contributed by atoms with E-state index in [4.69, 9.17) is 5.11 Å². The zero-order valence-electron chi connectivity index (χ0n) is 9.73. The first-order valence-electron chi connectivity index (χ1n) is 5.14. The van der Waals surface area contributed by atoms with E-state index in [0.717, 1.165) is 10.6 Å². The first-order valence-corrected chi connectivity index (χ1v) is 6.12. The largest absolute Gasteiger partial charge is 0.481 e. The molecule has 1 aromatic carbocycles.